The second-order valence-electron chi connectivity index (χ2n) is 6.85. The Morgan fingerprint density at radius 3 is 2.50 bits per heavy atom. The normalized spacial score (nSPS) is 36.5. The smallest absolute Gasteiger partial charge is 0.0249 e. The van der Waals surface area contributed by atoms with Crippen molar-refractivity contribution in [1.29, 1.82) is 0 Å². The van der Waals surface area contributed by atoms with Crippen LogP contribution in [0.15, 0.2) is 0 Å². The van der Waals surface area contributed by atoms with E-state index < -0.39 is 0 Å². The summed E-state index contributed by atoms with van der Waals surface area (Å²) in [6.45, 7) is 5.15. The van der Waals surface area contributed by atoms with Gasteiger partial charge in [-0.3, -0.25) is 4.90 Å². The van der Waals surface area contributed by atoms with Crippen molar-refractivity contribution in [3.63, 3.8) is 0 Å². The summed E-state index contributed by atoms with van der Waals surface area (Å²) in [5.74, 6) is 0.955. The van der Waals surface area contributed by atoms with Gasteiger partial charge in [0.15, 0.2) is 0 Å². The zero-order valence-electron chi connectivity index (χ0n) is 12.0. The van der Waals surface area contributed by atoms with Gasteiger partial charge in [0, 0.05) is 24.7 Å². The zero-order chi connectivity index (χ0) is 12.4. The molecule has 0 amide bonds. The van der Waals surface area contributed by atoms with E-state index in [0.29, 0.717) is 0 Å². The molecule has 0 aromatic heterocycles. The number of nitrogens with one attached hydrogen (secondary N) is 1. The lowest BCUT2D eigenvalue weighted by Gasteiger charge is -2.36. The SMILES string of the molecule is C[C@@H](NC1CCN2CCCCC12)C1CCCCC1. The van der Waals surface area contributed by atoms with Crippen LogP contribution in [0.3, 0.4) is 0 Å². The van der Waals surface area contributed by atoms with Crippen molar-refractivity contribution in [2.45, 2.75) is 82.8 Å². The van der Waals surface area contributed by atoms with Crippen LogP contribution in [0.5, 0.6) is 0 Å². The molecule has 1 aliphatic carbocycles. The summed E-state index contributed by atoms with van der Waals surface area (Å²) in [7, 11) is 0. The molecule has 3 fully saturated rings. The van der Waals surface area contributed by atoms with Gasteiger partial charge in [-0.15, -0.1) is 0 Å². The minimum Gasteiger partial charge on any atom is -0.310 e. The summed E-state index contributed by atoms with van der Waals surface area (Å²) in [5.41, 5.74) is 0. The molecule has 3 rings (SSSR count). The standard InChI is InChI=1S/C16H30N2/c1-13(14-7-3-2-4-8-14)17-15-10-12-18-11-6-5-9-16(15)18/h13-17H,2-12H2,1H3/t13-,15?,16?/m1/s1. The van der Waals surface area contributed by atoms with Gasteiger partial charge in [0.2, 0.25) is 0 Å². The Kier molecular flexibility index (Phi) is 4.25. The molecule has 3 atom stereocenters. The third kappa shape index (κ3) is 2.75. The van der Waals surface area contributed by atoms with Crippen LogP contribution >= 0.6 is 0 Å². The first-order valence-electron chi connectivity index (χ1n) is 8.35. The van der Waals surface area contributed by atoms with Gasteiger partial charge in [-0.05, 0) is 51.5 Å². The van der Waals surface area contributed by atoms with Gasteiger partial charge in [0.05, 0.1) is 0 Å². The first kappa shape index (κ1) is 12.9. The number of hydrogen-bond acceptors (Lipinski definition) is 2. The van der Waals surface area contributed by atoms with Crippen molar-refractivity contribution in [2.75, 3.05) is 13.1 Å². The van der Waals surface area contributed by atoms with E-state index in [4.69, 9.17) is 0 Å². The lowest BCUT2D eigenvalue weighted by molar-refractivity contribution is 0.168. The lowest BCUT2D eigenvalue weighted by Crippen LogP contribution is -2.49. The highest BCUT2D eigenvalue weighted by atomic mass is 15.2. The minimum atomic E-state index is 0.747. The molecule has 1 N–H and O–H groups in total. The first-order valence-corrected chi connectivity index (χ1v) is 8.35. The molecular formula is C16H30N2. The molecule has 2 heteroatoms. The van der Waals surface area contributed by atoms with Gasteiger partial charge in [-0.1, -0.05) is 25.7 Å². The highest BCUT2D eigenvalue weighted by Gasteiger charge is 2.36. The molecule has 0 aromatic rings. The van der Waals surface area contributed by atoms with E-state index in [1.165, 1.54) is 70.9 Å². The Morgan fingerprint density at radius 1 is 0.889 bits per heavy atom. The van der Waals surface area contributed by atoms with E-state index in [0.717, 1.165) is 24.0 Å². The average molecular weight is 250 g/mol. The molecular weight excluding hydrogens is 220 g/mol. The summed E-state index contributed by atoms with van der Waals surface area (Å²) in [6.07, 6.45) is 13.1. The molecule has 3 aliphatic rings. The van der Waals surface area contributed by atoms with Gasteiger partial charge in [-0.2, -0.15) is 0 Å². The molecule has 0 radical (unpaired) electrons. The molecule has 2 saturated heterocycles. The van der Waals surface area contributed by atoms with Crippen LogP contribution in [-0.2, 0) is 0 Å². The Hall–Kier alpha value is -0.0800. The Morgan fingerprint density at radius 2 is 1.67 bits per heavy atom. The van der Waals surface area contributed by atoms with Crippen molar-refractivity contribution in [3.05, 3.63) is 0 Å². The van der Waals surface area contributed by atoms with Crippen molar-refractivity contribution >= 4 is 0 Å². The number of hydrogen-bond donors (Lipinski definition) is 1. The highest BCUT2D eigenvalue weighted by molar-refractivity contribution is 4.95. The average Bonchev–Trinajstić information content (AvgIpc) is 2.83. The predicted molar refractivity (Wildman–Crippen MR) is 76.8 cm³/mol. The fraction of sp³-hybridized carbons (Fsp3) is 1.00. The first-order chi connectivity index (χ1) is 8.84. The monoisotopic (exact) mass is 250 g/mol. The van der Waals surface area contributed by atoms with Crippen molar-refractivity contribution < 1.29 is 0 Å². The number of nitrogens with zero attached hydrogens (tertiary/aromatic N) is 1. The zero-order valence-corrected chi connectivity index (χ0v) is 12.0. The van der Waals surface area contributed by atoms with E-state index in [1.54, 1.807) is 0 Å². The van der Waals surface area contributed by atoms with Gasteiger partial charge < -0.3 is 5.32 Å². The van der Waals surface area contributed by atoms with Crippen LogP contribution < -0.4 is 5.32 Å². The van der Waals surface area contributed by atoms with E-state index in [-0.39, 0.29) is 0 Å². The second kappa shape index (κ2) is 5.92. The summed E-state index contributed by atoms with van der Waals surface area (Å²) in [4.78, 5) is 2.74. The Bertz CT molecular complexity index is 260. The Balaban J connectivity index is 1.52. The molecule has 2 unspecified atom stereocenters. The lowest BCUT2D eigenvalue weighted by atomic mass is 9.84. The molecule has 104 valence electrons. The maximum atomic E-state index is 4.01. The molecule has 0 spiro atoms. The number of fused-ring (bicyclic) bond motifs is 1. The van der Waals surface area contributed by atoms with Crippen LogP contribution in [0.25, 0.3) is 0 Å². The molecule has 2 nitrogen and oxygen atoms in total. The van der Waals surface area contributed by atoms with Crippen LogP contribution in [-0.4, -0.2) is 36.1 Å². The van der Waals surface area contributed by atoms with Crippen LogP contribution in [0.4, 0.5) is 0 Å². The molecule has 2 heterocycles. The summed E-state index contributed by atoms with van der Waals surface area (Å²) in [6, 6.07) is 2.41. The summed E-state index contributed by atoms with van der Waals surface area (Å²) >= 11 is 0. The van der Waals surface area contributed by atoms with Crippen molar-refractivity contribution in [2.24, 2.45) is 5.92 Å². The molecule has 18 heavy (non-hydrogen) atoms. The topological polar surface area (TPSA) is 15.3 Å². The summed E-state index contributed by atoms with van der Waals surface area (Å²) < 4.78 is 0. The quantitative estimate of drug-likeness (QED) is 0.827. The van der Waals surface area contributed by atoms with Crippen LogP contribution in [0.2, 0.25) is 0 Å². The second-order valence-corrected chi connectivity index (χ2v) is 6.85. The van der Waals surface area contributed by atoms with E-state index in [9.17, 15) is 0 Å². The largest absolute Gasteiger partial charge is 0.310 e. The molecule has 0 aromatic carbocycles. The van der Waals surface area contributed by atoms with Crippen molar-refractivity contribution in [1.82, 2.24) is 10.2 Å². The van der Waals surface area contributed by atoms with Gasteiger partial charge in [-0.25, -0.2) is 0 Å². The van der Waals surface area contributed by atoms with E-state index >= 15 is 0 Å². The predicted octanol–water partition coefficient (Wildman–Crippen LogP) is 3.17. The van der Waals surface area contributed by atoms with Crippen LogP contribution in [0, 0.1) is 5.92 Å². The molecule has 1 saturated carbocycles. The summed E-state index contributed by atoms with van der Waals surface area (Å²) in [5, 5.41) is 4.01. The van der Waals surface area contributed by atoms with Gasteiger partial charge >= 0.3 is 0 Å². The van der Waals surface area contributed by atoms with Gasteiger partial charge in [0.1, 0.15) is 0 Å². The maximum Gasteiger partial charge on any atom is 0.0249 e. The molecule has 2 aliphatic heterocycles. The van der Waals surface area contributed by atoms with E-state index in [2.05, 4.69) is 17.1 Å². The van der Waals surface area contributed by atoms with Crippen LogP contribution in [0.1, 0.15) is 64.7 Å². The van der Waals surface area contributed by atoms with E-state index in [1.807, 2.05) is 0 Å². The fourth-order valence-electron chi connectivity index (χ4n) is 4.55. The van der Waals surface area contributed by atoms with Gasteiger partial charge in [0.25, 0.3) is 0 Å². The maximum absolute atomic E-state index is 4.01. The highest BCUT2D eigenvalue weighted by Crippen LogP contribution is 2.30. The number of piperidine rings is 1. The third-order valence-electron chi connectivity index (χ3n) is 5.69. The minimum absolute atomic E-state index is 0.747. The van der Waals surface area contributed by atoms with Crippen molar-refractivity contribution in [3.8, 4) is 0 Å². The third-order valence-corrected chi connectivity index (χ3v) is 5.69. The Labute approximate surface area is 113 Å². The molecule has 0 bridgehead atoms. The fourth-order valence-corrected chi connectivity index (χ4v) is 4.55. The number of rotatable bonds is 3.